The average Bonchev–Trinajstić information content (AvgIpc) is 2.34. The topological polar surface area (TPSA) is 35.5 Å². The van der Waals surface area contributed by atoms with Gasteiger partial charge in [0.2, 0.25) is 0 Å². The van der Waals surface area contributed by atoms with Crippen molar-refractivity contribution in [2.75, 3.05) is 26.2 Å². The van der Waals surface area contributed by atoms with Gasteiger partial charge < -0.3 is 10.4 Å². The molecule has 1 aliphatic rings. The molecule has 2 rings (SSSR count). The van der Waals surface area contributed by atoms with Crippen LogP contribution in [0.25, 0.3) is 0 Å². The molecule has 1 atom stereocenters. The fraction of sp³-hybridized carbons (Fsp3) is 0.538. The minimum Gasteiger partial charge on any atom is -0.508 e. The first-order valence-corrected chi connectivity index (χ1v) is 6.05. The van der Waals surface area contributed by atoms with Crippen LogP contribution in [0.1, 0.15) is 24.9 Å². The molecule has 104 valence electrons. The van der Waals surface area contributed by atoms with Crippen LogP contribution in [-0.2, 0) is 0 Å². The van der Waals surface area contributed by atoms with Gasteiger partial charge in [0.25, 0.3) is 0 Å². The minimum atomic E-state index is 0. The normalized spacial score (nSPS) is 17.4. The zero-order valence-electron chi connectivity index (χ0n) is 10.6. The molecule has 0 aliphatic carbocycles. The van der Waals surface area contributed by atoms with Crippen molar-refractivity contribution in [2.45, 2.75) is 19.4 Å². The number of piperazine rings is 1. The van der Waals surface area contributed by atoms with Gasteiger partial charge in [-0.1, -0.05) is 25.1 Å². The van der Waals surface area contributed by atoms with E-state index in [1.54, 1.807) is 6.07 Å². The Labute approximate surface area is 121 Å². The van der Waals surface area contributed by atoms with Crippen molar-refractivity contribution in [3.8, 4) is 5.75 Å². The molecule has 0 saturated carbocycles. The lowest BCUT2D eigenvalue weighted by molar-refractivity contribution is 0.167. The summed E-state index contributed by atoms with van der Waals surface area (Å²) in [7, 11) is 0. The Balaban J connectivity index is 0.00000144. The molecule has 1 aromatic rings. The number of aromatic hydroxyl groups is 1. The van der Waals surface area contributed by atoms with Gasteiger partial charge in [0.05, 0.1) is 0 Å². The van der Waals surface area contributed by atoms with Gasteiger partial charge in [0.1, 0.15) is 5.75 Å². The molecule has 18 heavy (non-hydrogen) atoms. The molecule has 0 radical (unpaired) electrons. The first kappa shape index (κ1) is 17.5. The quantitative estimate of drug-likeness (QED) is 0.899. The molecule has 0 spiro atoms. The van der Waals surface area contributed by atoms with E-state index in [0.717, 1.165) is 38.2 Å². The second-order valence-corrected chi connectivity index (χ2v) is 4.27. The van der Waals surface area contributed by atoms with E-state index in [0.29, 0.717) is 11.8 Å². The number of phenols is 1. The predicted octanol–water partition coefficient (Wildman–Crippen LogP) is 2.59. The third kappa shape index (κ3) is 4.02. The van der Waals surface area contributed by atoms with Crippen LogP contribution < -0.4 is 5.32 Å². The second kappa shape index (κ2) is 8.59. The first-order chi connectivity index (χ1) is 7.83. The van der Waals surface area contributed by atoms with Crippen LogP contribution in [0.5, 0.6) is 5.75 Å². The lowest BCUT2D eigenvalue weighted by Gasteiger charge is -2.34. The van der Waals surface area contributed by atoms with Crippen LogP contribution in [0.15, 0.2) is 24.3 Å². The Bertz CT molecular complexity index is 344. The fourth-order valence-electron chi connectivity index (χ4n) is 2.44. The lowest BCUT2D eigenvalue weighted by atomic mass is 10.0. The second-order valence-electron chi connectivity index (χ2n) is 4.27. The van der Waals surface area contributed by atoms with Crippen molar-refractivity contribution in [3.05, 3.63) is 29.8 Å². The number of benzene rings is 1. The Kier molecular flexibility index (Phi) is 8.36. The molecule has 1 fully saturated rings. The van der Waals surface area contributed by atoms with E-state index in [1.165, 1.54) is 0 Å². The van der Waals surface area contributed by atoms with E-state index < -0.39 is 0 Å². The van der Waals surface area contributed by atoms with Crippen molar-refractivity contribution >= 4 is 24.8 Å². The Morgan fingerprint density at radius 3 is 2.39 bits per heavy atom. The number of rotatable bonds is 3. The van der Waals surface area contributed by atoms with E-state index >= 15 is 0 Å². The highest BCUT2D eigenvalue weighted by atomic mass is 35.5. The van der Waals surface area contributed by atoms with Gasteiger partial charge in [0, 0.05) is 37.8 Å². The molecular formula is C13H22Cl2N2O. The van der Waals surface area contributed by atoms with Crippen LogP contribution in [0.4, 0.5) is 0 Å². The summed E-state index contributed by atoms with van der Waals surface area (Å²) >= 11 is 0. The van der Waals surface area contributed by atoms with Crippen LogP contribution >= 0.6 is 24.8 Å². The van der Waals surface area contributed by atoms with Gasteiger partial charge >= 0.3 is 0 Å². The van der Waals surface area contributed by atoms with Crippen molar-refractivity contribution in [3.63, 3.8) is 0 Å². The van der Waals surface area contributed by atoms with Crippen molar-refractivity contribution < 1.29 is 5.11 Å². The largest absolute Gasteiger partial charge is 0.508 e. The van der Waals surface area contributed by atoms with Crippen molar-refractivity contribution in [1.29, 1.82) is 0 Å². The zero-order valence-corrected chi connectivity index (χ0v) is 12.3. The van der Waals surface area contributed by atoms with Crippen LogP contribution in [-0.4, -0.2) is 36.2 Å². The summed E-state index contributed by atoms with van der Waals surface area (Å²) in [4.78, 5) is 2.45. The fourth-order valence-corrected chi connectivity index (χ4v) is 2.44. The van der Waals surface area contributed by atoms with E-state index in [1.807, 2.05) is 18.2 Å². The molecule has 1 heterocycles. The average molecular weight is 293 g/mol. The summed E-state index contributed by atoms with van der Waals surface area (Å²) in [5.74, 6) is 0.424. The molecule has 0 unspecified atom stereocenters. The van der Waals surface area contributed by atoms with Gasteiger partial charge in [-0.3, -0.25) is 4.90 Å². The third-order valence-electron chi connectivity index (χ3n) is 3.27. The highest BCUT2D eigenvalue weighted by molar-refractivity contribution is 5.85. The maximum Gasteiger partial charge on any atom is 0.120 e. The van der Waals surface area contributed by atoms with E-state index in [-0.39, 0.29) is 24.8 Å². The summed E-state index contributed by atoms with van der Waals surface area (Å²) in [5, 5.41) is 13.3. The zero-order chi connectivity index (χ0) is 11.4. The van der Waals surface area contributed by atoms with Gasteiger partial charge in [-0.05, 0) is 12.5 Å². The number of nitrogens with one attached hydrogen (secondary N) is 1. The Hall–Kier alpha value is -0.480. The monoisotopic (exact) mass is 292 g/mol. The standard InChI is InChI=1S/C13H20N2O.2ClH/c1-2-12(15-9-7-14-8-10-15)11-5-3-4-6-13(11)16;;/h3-6,12,14,16H,2,7-10H2,1H3;2*1H/t12-;;/m1../s1. The van der Waals surface area contributed by atoms with Crippen molar-refractivity contribution in [2.24, 2.45) is 0 Å². The van der Waals surface area contributed by atoms with Gasteiger partial charge in [-0.2, -0.15) is 0 Å². The van der Waals surface area contributed by atoms with Gasteiger partial charge in [0.15, 0.2) is 0 Å². The molecule has 0 bridgehead atoms. The molecule has 2 N–H and O–H groups in total. The molecular weight excluding hydrogens is 271 g/mol. The van der Waals surface area contributed by atoms with Crippen LogP contribution in [0.3, 0.4) is 0 Å². The summed E-state index contributed by atoms with van der Waals surface area (Å²) in [5.41, 5.74) is 1.06. The van der Waals surface area contributed by atoms with E-state index in [2.05, 4.69) is 17.1 Å². The SMILES string of the molecule is CC[C@H](c1ccccc1O)N1CCNCC1.Cl.Cl. The lowest BCUT2D eigenvalue weighted by Crippen LogP contribution is -2.45. The summed E-state index contributed by atoms with van der Waals surface area (Å²) in [6.45, 7) is 6.40. The smallest absolute Gasteiger partial charge is 0.120 e. The van der Waals surface area contributed by atoms with Gasteiger partial charge in [-0.25, -0.2) is 0 Å². The highest BCUT2D eigenvalue weighted by Crippen LogP contribution is 2.30. The number of halogens is 2. The number of nitrogens with zero attached hydrogens (tertiary/aromatic N) is 1. The van der Waals surface area contributed by atoms with E-state index in [4.69, 9.17) is 0 Å². The third-order valence-corrected chi connectivity index (χ3v) is 3.27. The molecule has 5 heteroatoms. The number of hydrogen-bond acceptors (Lipinski definition) is 3. The molecule has 1 saturated heterocycles. The van der Waals surface area contributed by atoms with Gasteiger partial charge in [-0.15, -0.1) is 24.8 Å². The maximum atomic E-state index is 9.90. The van der Waals surface area contributed by atoms with Crippen molar-refractivity contribution in [1.82, 2.24) is 10.2 Å². The minimum absolute atomic E-state index is 0. The summed E-state index contributed by atoms with van der Waals surface area (Å²) < 4.78 is 0. The Morgan fingerprint density at radius 1 is 1.22 bits per heavy atom. The highest BCUT2D eigenvalue weighted by Gasteiger charge is 2.22. The number of para-hydroxylation sites is 1. The molecule has 0 amide bonds. The summed E-state index contributed by atoms with van der Waals surface area (Å²) in [6.07, 6.45) is 1.04. The van der Waals surface area contributed by atoms with Crippen LogP contribution in [0, 0.1) is 0 Å². The maximum absolute atomic E-state index is 9.90. The molecule has 3 nitrogen and oxygen atoms in total. The molecule has 1 aromatic carbocycles. The summed E-state index contributed by atoms with van der Waals surface area (Å²) in [6, 6.07) is 8.04. The Morgan fingerprint density at radius 2 is 1.83 bits per heavy atom. The molecule has 0 aromatic heterocycles. The molecule has 1 aliphatic heterocycles. The van der Waals surface area contributed by atoms with Crippen LogP contribution in [0.2, 0.25) is 0 Å². The predicted molar refractivity (Wildman–Crippen MR) is 80.1 cm³/mol. The first-order valence-electron chi connectivity index (χ1n) is 6.05. The number of phenolic OH excluding ortho intramolecular Hbond substituents is 1. The number of hydrogen-bond donors (Lipinski definition) is 2. The van der Waals surface area contributed by atoms with E-state index in [9.17, 15) is 5.11 Å².